The summed E-state index contributed by atoms with van der Waals surface area (Å²) >= 11 is 3.16. The number of rotatable bonds is 13. The molecule has 0 bridgehead atoms. The van der Waals surface area contributed by atoms with Gasteiger partial charge in [0.2, 0.25) is 12.7 Å². The number of thiophene rings is 2. The van der Waals surface area contributed by atoms with Crippen molar-refractivity contribution in [2.24, 2.45) is 0 Å². The molecule has 0 aliphatic carbocycles. The second-order valence-corrected chi connectivity index (χ2v) is 11.2. The number of nitrogens with one attached hydrogen (secondary N) is 2. The maximum Gasteiger partial charge on any atom is 0.318 e. The third kappa shape index (κ3) is 7.96. The maximum absolute atomic E-state index is 13.6. The summed E-state index contributed by atoms with van der Waals surface area (Å²) in [6.07, 6.45) is 2.01. The first-order chi connectivity index (χ1) is 19.0. The number of unbranched alkanes of at least 4 members (excludes halogenated alkanes) is 1. The number of urea groups is 1. The zero-order chi connectivity index (χ0) is 27.6. The summed E-state index contributed by atoms with van der Waals surface area (Å²) in [5, 5.41) is 9.89. The van der Waals surface area contributed by atoms with Crippen molar-refractivity contribution in [2.75, 3.05) is 13.9 Å². The average Bonchev–Trinajstić information content (AvgIpc) is 3.73. The van der Waals surface area contributed by atoms with Crippen LogP contribution >= 0.6 is 22.7 Å². The van der Waals surface area contributed by atoms with E-state index in [0.29, 0.717) is 36.6 Å². The fourth-order valence-corrected chi connectivity index (χ4v) is 5.64. The van der Waals surface area contributed by atoms with Crippen LogP contribution in [0.25, 0.3) is 0 Å². The SMILES string of the molecule is CCCC[C@@H](NC(=O)N(Cc1cccs1)Cc1cccs1)C(=O)N[C@@H](CC(=O)OC)c1ccc2c(c1)OCO2. The van der Waals surface area contributed by atoms with E-state index < -0.39 is 18.1 Å². The summed E-state index contributed by atoms with van der Waals surface area (Å²) in [6.45, 7) is 3.02. The third-order valence-corrected chi connectivity index (χ3v) is 8.04. The predicted octanol–water partition coefficient (Wildman–Crippen LogP) is 5.23. The van der Waals surface area contributed by atoms with Crippen LogP contribution in [0.5, 0.6) is 11.5 Å². The molecule has 2 atom stereocenters. The lowest BCUT2D eigenvalue weighted by Gasteiger charge is -2.27. The van der Waals surface area contributed by atoms with Crippen molar-refractivity contribution >= 4 is 40.6 Å². The van der Waals surface area contributed by atoms with Gasteiger partial charge in [0.1, 0.15) is 6.04 Å². The van der Waals surface area contributed by atoms with Crippen molar-refractivity contribution in [1.82, 2.24) is 15.5 Å². The van der Waals surface area contributed by atoms with Crippen molar-refractivity contribution in [1.29, 1.82) is 0 Å². The summed E-state index contributed by atoms with van der Waals surface area (Å²) in [6, 6.07) is 11.4. The molecule has 0 radical (unpaired) electrons. The maximum atomic E-state index is 13.6. The standard InChI is InChI=1S/C28H33N3O6S2/c1-3-4-9-22(30-28(34)31(16-20-7-5-12-38-20)17-21-8-6-13-39-21)27(33)29-23(15-26(32)35-2)19-10-11-24-25(14-19)37-18-36-24/h5-8,10-14,22-23H,3-4,9,15-18H2,1-2H3,(H,29,33)(H,30,34)/t22-,23+/m1/s1. The van der Waals surface area contributed by atoms with E-state index in [2.05, 4.69) is 10.6 Å². The van der Waals surface area contributed by atoms with Gasteiger partial charge in [-0.05, 0) is 47.0 Å². The van der Waals surface area contributed by atoms with E-state index in [1.165, 1.54) is 7.11 Å². The molecule has 208 valence electrons. The largest absolute Gasteiger partial charge is 0.469 e. The Labute approximate surface area is 236 Å². The zero-order valence-corrected chi connectivity index (χ0v) is 23.6. The van der Waals surface area contributed by atoms with Gasteiger partial charge in [-0.15, -0.1) is 22.7 Å². The number of methoxy groups -OCH3 is 1. The van der Waals surface area contributed by atoms with E-state index in [9.17, 15) is 14.4 Å². The Kier molecular flexibility index (Phi) is 10.2. The molecule has 0 saturated heterocycles. The number of benzene rings is 1. The molecule has 3 aromatic rings. The van der Waals surface area contributed by atoms with Crippen LogP contribution in [-0.4, -0.2) is 42.8 Å². The van der Waals surface area contributed by atoms with Crippen LogP contribution in [0.2, 0.25) is 0 Å². The molecule has 2 N–H and O–H groups in total. The number of carbonyl (C=O) groups excluding carboxylic acids is 3. The van der Waals surface area contributed by atoms with E-state index in [1.807, 2.05) is 41.9 Å². The van der Waals surface area contributed by atoms with E-state index in [4.69, 9.17) is 14.2 Å². The van der Waals surface area contributed by atoms with Gasteiger partial charge in [-0.2, -0.15) is 0 Å². The summed E-state index contributed by atoms with van der Waals surface area (Å²) < 4.78 is 15.7. The second-order valence-electron chi connectivity index (χ2n) is 9.11. The Hall–Kier alpha value is -3.57. The molecule has 0 saturated carbocycles. The highest BCUT2D eigenvalue weighted by Gasteiger charge is 2.28. The monoisotopic (exact) mass is 571 g/mol. The number of esters is 1. The van der Waals surface area contributed by atoms with Crippen LogP contribution in [-0.2, 0) is 27.4 Å². The highest BCUT2D eigenvalue weighted by molar-refractivity contribution is 7.10. The van der Waals surface area contributed by atoms with Gasteiger partial charge >= 0.3 is 12.0 Å². The fraction of sp³-hybridized carbons (Fsp3) is 0.393. The Morgan fingerprint density at radius 2 is 1.69 bits per heavy atom. The number of hydrogen-bond donors (Lipinski definition) is 2. The van der Waals surface area contributed by atoms with E-state index in [1.54, 1.807) is 45.8 Å². The number of nitrogens with zero attached hydrogens (tertiary/aromatic N) is 1. The fourth-order valence-electron chi connectivity index (χ4n) is 4.20. The first-order valence-electron chi connectivity index (χ1n) is 12.8. The van der Waals surface area contributed by atoms with Gasteiger partial charge in [-0.25, -0.2) is 4.79 Å². The second kappa shape index (κ2) is 14.0. The smallest absolute Gasteiger partial charge is 0.318 e. The van der Waals surface area contributed by atoms with Gasteiger partial charge in [0.15, 0.2) is 11.5 Å². The summed E-state index contributed by atoms with van der Waals surface area (Å²) in [7, 11) is 1.31. The Balaban J connectivity index is 1.51. The number of carbonyl (C=O) groups is 3. The highest BCUT2D eigenvalue weighted by Crippen LogP contribution is 2.35. The van der Waals surface area contributed by atoms with Crippen molar-refractivity contribution in [2.45, 2.75) is 57.8 Å². The van der Waals surface area contributed by atoms with Crippen molar-refractivity contribution in [3.63, 3.8) is 0 Å². The lowest BCUT2D eigenvalue weighted by molar-refractivity contribution is -0.141. The van der Waals surface area contributed by atoms with E-state index in [0.717, 1.165) is 22.6 Å². The van der Waals surface area contributed by atoms with Gasteiger partial charge in [0.25, 0.3) is 0 Å². The molecule has 3 amide bonds. The molecule has 1 aliphatic heterocycles. The van der Waals surface area contributed by atoms with Crippen molar-refractivity contribution in [3.05, 3.63) is 68.5 Å². The third-order valence-electron chi connectivity index (χ3n) is 6.32. The topological polar surface area (TPSA) is 106 Å². The van der Waals surface area contributed by atoms with Gasteiger partial charge in [0, 0.05) is 9.75 Å². The zero-order valence-electron chi connectivity index (χ0n) is 22.0. The molecule has 1 aromatic carbocycles. The quantitative estimate of drug-likeness (QED) is 0.272. The molecular formula is C28H33N3O6S2. The van der Waals surface area contributed by atoms with Gasteiger partial charge in [-0.3, -0.25) is 9.59 Å². The molecule has 1 aliphatic rings. The van der Waals surface area contributed by atoms with Crippen LogP contribution < -0.4 is 20.1 Å². The Bertz CT molecular complexity index is 1200. The van der Waals surface area contributed by atoms with Crippen molar-refractivity contribution in [3.8, 4) is 11.5 Å². The van der Waals surface area contributed by atoms with Gasteiger partial charge in [-0.1, -0.05) is 38.0 Å². The molecule has 9 nitrogen and oxygen atoms in total. The van der Waals surface area contributed by atoms with Crippen molar-refractivity contribution < 1.29 is 28.6 Å². The molecule has 39 heavy (non-hydrogen) atoms. The molecule has 0 unspecified atom stereocenters. The summed E-state index contributed by atoms with van der Waals surface area (Å²) in [5.74, 6) is 0.317. The number of ether oxygens (including phenoxy) is 3. The lowest BCUT2D eigenvalue weighted by Crippen LogP contribution is -2.51. The molecule has 2 aromatic heterocycles. The van der Waals surface area contributed by atoms with E-state index >= 15 is 0 Å². The first-order valence-corrected chi connectivity index (χ1v) is 14.6. The number of amides is 3. The Morgan fingerprint density at radius 1 is 1.00 bits per heavy atom. The first kappa shape index (κ1) is 28.4. The molecular weight excluding hydrogens is 538 g/mol. The highest BCUT2D eigenvalue weighted by atomic mass is 32.1. The molecule has 0 fully saturated rings. The average molecular weight is 572 g/mol. The molecule has 3 heterocycles. The van der Waals surface area contributed by atoms with Gasteiger partial charge in [0.05, 0.1) is 32.7 Å². The normalized spacial score (nSPS) is 13.4. The minimum Gasteiger partial charge on any atom is -0.469 e. The van der Waals surface area contributed by atoms with Crippen LogP contribution in [0.3, 0.4) is 0 Å². The summed E-state index contributed by atoms with van der Waals surface area (Å²) in [4.78, 5) is 43.1. The van der Waals surface area contributed by atoms with E-state index in [-0.39, 0.29) is 25.2 Å². The van der Waals surface area contributed by atoms with Crippen LogP contribution in [0.4, 0.5) is 4.79 Å². The molecule has 4 rings (SSSR count). The summed E-state index contributed by atoms with van der Waals surface area (Å²) in [5.41, 5.74) is 0.676. The molecule has 0 spiro atoms. The number of hydrogen-bond acceptors (Lipinski definition) is 8. The van der Waals surface area contributed by atoms with Crippen LogP contribution in [0, 0.1) is 0 Å². The lowest BCUT2D eigenvalue weighted by atomic mass is 10.0. The van der Waals surface area contributed by atoms with Gasteiger partial charge < -0.3 is 29.7 Å². The number of fused-ring (bicyclic) bond motifs is 1. The minimum atomic E-state index is -0.777. The predicted molar refractivity (Wildman–Crippen MR) is 150 cm³/mol. The van der Waals surface area contributed by atoms with Crippen LogP contribution in [0.1, 0.15) is 54.0 Å². The van der Waals surface area contributed by atoms with Crippen LogP contribution in [0.15, 0.2) is 53.2 Å². The minimum absolute atomic E-state index is 0.0702. The molecule has 11 heteroatoms. The Morgan fingerprint density at radius 3 is 2.31 bits per heavy atom.